The van der Waals surface area contributed by atoms with E-state index in [2.05, 4.69) is 92.7 Å². The number of rotatable bonds is 6. The average Bonchev–Trinajstić information content (AvgIpc) is 2.87. The molecule has 0 aliphatic carbocycles. The van der Waals surface area contributed by atoms with E-state index in [1.54, 1.807) is 0 Å². The zero-order chi connectivity index (χ0) is 22.6. The van der Waals surface area contributed by atoms with Crippen LogP contribution in [0.2, 0.25) is 0 Å². The van der Waals surface area contributed by atoms with Gasteiger partial charge in [-0.3, -0.25) is 0 Å². The molecule has 0 amide bonds. The van der Waals surface area contributed by atoms with Gasteiger partial charge in [0, 0.05) is 31.5 Å². The minimum absolute atomic E-state index is 0. The second-order valence-corrected chi connectivity index (χ2v) is 8.54. The zero-order valence-corrected chi connectivity index (χ0v) is 25.0. The quantitative estimate of drug-likeness (QED) is 0.133. The number of para-hydroxylation sites is 1. The molecule has 5 aromatic rings. The smallest absolute Gasteiger partial charge is 0.0195 e. The van der Waals surface area contributed by atoms with Crippen molar-refractivity contribution in [3.05, 3.63) is 152 Å². The predicted molar refractivity (Wildman–Crippen MR) is 157 cm³/mol. The minimum Gasteiger partial charge on any atom is -0.673 e. The van der Waals surface area contributed by atoms with Gasteiger partial charge in [-0.2, -0.15) is 0 Å². The van der Waals surface area contributed by atoms with Crippen molar-refractivity contribution in [2.75, 3.05) is 0 Å². The van der Waals surface area contributed by atoms with E-state index >= 15 is 0 Å². The first kappa shape index (κ1) is 32.0. The SMILES string of the molecule is C.CC(C)c1ccccc1C([N-]c1ccccc1)c1cccc(-c2[c-]ccc3ccccc23)n1.[CH3-].[CH3-].[Hf]. The molecule has 1 aromatic heterocycles. The van der Waals surface area contributed by atoms with Crippen LogP contribution < -0.4 is 0 Å². The molecule has 5 rings (SSSR count). The van der Waals surface area contributed by atoms with E-state index in [4.69, 9.17) is 10.3 Å². The van der Waals surface area contributed by atoms with Crippen LogP contribution in [0.15, 0.2) is 109 Å². The van der Waals surface area contributed by atoms with Crippen LogP contribution in [0.5, 0.6) is 0 Å². The molecule has 0 aliphatic heterocycles. The van der Waals surface area contributed by atoms with Gasteiger partial charge in [0.25, 0.3) is 0 Å². The fourth-order valence-corrected chi connectivity index (χ4v) is 4.36. The van der Waals surface area contributed by atoms with Crippen molar-refractivity contribution in [3.8, 4) is 11.3 Å². The molecule has 4 aromatic carbocycles. The summed E-state index contributed by atoms with van der Waals surface area (Å²) >= 11 is 0. The van der Waals surface area contributed by atoms with E-state index < -0.39 is 0 Å². The molecule has 0 saturated heterocycles. The summed E-state index contributed by atoms with van der Waals surface area (Å²) in [6, 6.07) is 40.7. The van der Waals surface area contributed by atoms with Gasteiger partial charge in [-0.1, -0.05) is 123 Å². The normalized spacial score (nSPS) is 10.8. The molecule has 190 valence electrons. The van der Waals surface area contributed by atoms with Crippen molar-refractivity contribution in [2.24, 2.45) is 0 Å². The Morgan fingerprint density at radius 2 is 1.35 bits per heavy atom. The second-order valence-electron chi connectivity index (χ2n) is 8.54. The molecule has 1 unspecified atom stereocenters. The summed E-state index contributed by atoms with van der Waals surface area (Å²) in [5, 5.41) is 7.51. The van der Waals surface area contributed by atoms with Crippen LogP contribution in [0, 0.1) is 20.9 Å². The van der Waals surface area contributed by atoms with Gasteiger partial charge in [0.1, 0.15) is 0 Å². The summed E-state index contributed by atoms with van der Waals surface area (Å²) in [4.78, 5) is 5.14. The Morgan fingerprint density at radius 3 is 2.08 bits per heavy atom. The topological polar surface area (TPSA) is 27.0 Å². The summed E-state index contributed by atoms with van der Waals surface area (Å²) in [5.41, 5.74) is 6.31. The molecular weight excluding hydrogens is 615 g/mol. The average molecular weight is 651 g/mol. The first-order valence-electron chi connectivity index (χ1n) is 11.4. The van der Waals surface area contributed by atoms with Crippen molar-refractivity contribution in [2.45, 2.75) is 33.2 Å². The number of nitrogens with zero attached hydrogens (tertiary/aromatic N) is 2. The van der Waals surface area contributed by atoms with Gasteiger partial charge in [0.2, 0.25) is 0 Å². The molecule has 0 N–H and O–H groups in total. The van der Waals surface area contributed by atoms with Gasteiger partial charge in [-0.15, -0.1) is 34.8 Å². The summed E-state index contributed by atoms with van der Waals surface area (Å²) in [5.74, 6) is 0.393. The van der Waals surface area contributed by atoms with Crippen LogP contribution >= 0.6 is 0 Å². The van der Waals surface area contributed by atoms with Gasteiger partial charge < -0.3 is 25.2 Å². The molecule has 1 heterocycles. The Morgan fingerprint density at radius 1 is 0.703 bits per heavy atom. The van der Waals surface area contributed by atoms with Crippen molar-refractivity contribution in [1.29, 1.82) is 0 Å². The van der Waals surface area contributed by atoms with E-state index in [9.17, 15) is 0 Å². The summed E-state index contributed by atoms with van der Waals surface area (Å²) in [7, 11) is 0. The molecular formula is C34H36HfN2-4. The molecule has 1 atom stereocenters. The maximum Gasteiger partial charge on any atom is 0.0195 e. The van der Waals surface area contributed by atoms with Gasteiger partial charge >= 0.3 is 0 Å². The van der Waals surface area contributed by atoms with Crippen molar-refractivity contribution in [3.63, 3.8) is 0 Å². The Labute approximate surface area is 243 Å². The number of benzene rings is 4. The molecule has 37 heavy (non-hydrogen) atoms. The van der Waals surface area contributed by atoms with Crippen LogP contribution in [0.1, 0.15) is 50.1 Å². The van der Waals surface area contributed by atoms with Crippen molar-refractivity contribution < 1.29 is 25.8 Å². The first-order valence-corrected chi connectivity index (χ1v) is 11.4. The maximum absolute atomic E-state index is 5.17. The molecule has 0 fully saturated rings. The Hall–Kier alpha value is -3.04. The third-order valence-electron chi connectivity index (χ3n) is 5.97. The fraction of sp³-hybridized carbons (Fsp3) is 0.147. The monoisotopic (exact) mass is 652 g/mol. The Kier molecular flexibility index (Phi) is 12.7. The van der Waals surface area contributed by atoms with E-state index in [1.165, 1.54) is 16.5 Å². The number of aromatic nitrogens is 1. The van der Waals surface area contributed by atoms with E-state index in [0.29, 0.717) is 5.92 Å². The van der Waals surface area contributed by atoms with Gasteiger partial charge in [0.15, 0.2) is 0 Å². The molecule has 0 bridgehead atoms. The van der Waals surface area contributed by atoms with E-state index in [0.717, 1.165) is 28.0 Å². The first-order chi connectivity index (χ1) is 16.2. The van der Waals surface area contributed by atoms with E-state index in [-0.39, 0.29) is 54.2 Å². The molecule has 3 heteroatoms. The van der Waals surface area contributed by atoms with Crippen LogP contribution in [0.3, 0.4) is 0 Å². The van der Waals surface area contributed by atoms with Crippen molar-refractivity contribution in [1.82, 2.24) is 4.98 Å². The number of fused-ring (bicyclic) bond motifs is 1. The standard InChI is InChI=1S/C31H26N2.CH4.2CH3.Hf/c1-22(2)25-16-8-9-18-28(25)31(32-24-14-4-3-5-15-24)30-21-11-20-29(33-30)27-19-10-13-23-12-6-7-17-26(23)27;;;;/h3-18,20-22,31H,1-2H3;1H4;2*1H3;/q-2;;2*-1;. The molecule has 0 spiro atoms. The van der Waals surface area contributed by atoms with Crippen molar-refractivity contribution >= 4 is 16.5 Å². The minimum atomic E-state index is -0.194. The van der Waals surface area contributed by atoms with Crippen LogP contribution in [0.4, 0.5) is 5.69 Å². The molecule has 0 radical (unpaired) electrons. The largest absolute Gasteiger partial charge is 0.673 e. The zero-order valence-electron chi connectivity index (χ0n) is 21.4. The Bertz CT molecular complexity index is 1370. The van der Waals surface area contributed by atoms with Crippen LogP contribution in [-0.2, 0) is 25.8 Å². The van der Waals surface area contributed by atoms with Crippen LogP contribution in [0.25, 0.3) is 27.3 Å². The number of hydrogen-bond acceptors (Lipinski definition) is 1. The Balaban J connectivity index is 0.00000171. The van der Waals surface area contributed by atoms with Gasteiger partial charge in [-0.05, 0) is 29.3 Å². The third kappa shape index (κ3) is 7.05. The van der Waals surface area contributed by atoms with Crippen LogP contribution in [-0.4, -0.2) is 4.98 Å². The summed E-state index contributed by atoms with van der Waals surface area (Å²) < 4.78 is 0. The number of pyridine rings is 1. The maximum atomic E-state index is 5.17. The van der Waals surface area contributed by atoms with Gasteiger partial charge in [-0.25, -0.2) is 0 Å². The summed E-state index contributed by atoms with van der Waals surface area (Å²) in [6.07, 6.45) is 0. The summed E-state index contributed by atoms with van der Waals surface area (Å²) in [6.45, 7) is 4.46. The molecule has 0 aliphatic rings. The van der Waals surface area contributed by atoms with Gasteiger partial charge in [0.05, 0.1) is 0 Å². The van der Waals surface area contributed by atoms with E-state index in [1.807, 2.05) is 36.4 Å². The third-order valence-corrected chi connectivity index (χ3v) is 5.97. The number of hydrogen-bond donors (Lipinski definition) is 0. The second kappa shape index (κ2) is 14.6. The predicted octanol–water partition coefficient (Wildman–Crippen LogP) is 10.2. The fourth-order valence-electron chi connectivity index (χ4n) is 4.36. The molecule has 2 nitrogen and oxygen atoms in total. The molecule has 0 saturated carbocycles.